The number of ether oxygens (including phenoxy) is 2. The molecule has 0 aromatic heterocycles. The Hall–Kier alpha value is -1.71. The first kappa shape index (κ1) is 18.6. The normalized spacial score (nSPS) is 13.3. The van der Waals surface area contributed by atoms with Crippen LogP contribution in [0.2, 0.25) is 0 Å². The van der Waals surface area contributed by atoms with E-state index in [9.17, 15) is 0 Å². The zero-order chi connectivity index (χ0) is 16.4. The Morgan fingerprint density at radius 3 is 1.88 bits per heavy atom. The predicted octanol–water partition coefficient (Wildman–Crippen LogP) is 4.00. The molecule has 130 valence electrons. The van der Waals surface area contributed by atoms with E-state index < -0.39 is 0 Å². The number of hydrogen-bond acceptors (Lipinski definition) is 3. The summed E-state index contributed by atoms with van der Waals surface area (Å²) in [6.45, 7) is 5.12. The molecular weight excluding hydrogens is 322 g/mol. The van der Waals surface area contributed by atoms with E-state index in [0.717, 1.165) is 30.9 Å². The van der Waals surface area contributed by atoms with Crippen molar-refractivity contribution in [3.63, 3.8) is 0 Å². The second-order valence-electron chi connectivity index (χ2n) is 6.25. The molecule has 1 N–H and O–H groups in total. The highest BCUT2D eigenvalue weighted by atomic mass is 35.5. The van der Waals surface area contributed by atoms with Crippen molar-refractivity contribution in [3.8, 4) is 11.5 Å². The molecule has 24 heavy (non-hydrogen) atoms. The highest BCUT2D eigenvalue weighted by Crippen LogP contribution is 2.42. The first-order chi connectivity index (χ1) is 11.2. The Labute approximate surface area is 150 Å². The van der Waals surface area contributed by atoms with Crippen LogP contribution in [-0.2, 0) is 19.4 Å². The van der Waals surface area contributed by atoms with Crippen molar-refractivity contribution in [2.45, 2.75) is 39.3 Å². The molecule has 0 amide bonds. The van der Waals surface area contributed by atoms with E-state index in [2.05, 4.69) is 49.5 Å². The summed E-state index contributed by atoms with van der Waals surface area (Å²) in [6, 6.07) is 11.0. The van der Waals surface area contributed by atoms with Crippen LogP contribution in [0, 0.1) is 13.8 Å². The van der Waals surface area contributed by atoms with Gasteiger partial charge in [-0.15, -0.1) is 12.4 Å². The van der Waals surface area contributed by atoms with Crippen LogP contribution in [0.25, 0.3) is 0 Å². The van der Waals surface area contributed by atoms with Gasteiger partial charge in [-0.25, -0.2) is 0 Å². The molecule has 0 atom stereocenters. The summed E-state index contributed by atoms with van der Waals surface area (Å²) in [5.74, 6) is 2.06. The van der Waals surface area contributed by atoms with Gasteiger partial charge in [0, 0.05) is 23.7 Å². The van der Waals surface area contributed by atoms with Gasteiger partial charge < -0.3 is 14.8 Å². The second-order valence-corrected chi connectivity index (χ2v) is 6.25. The zero-order valence-electron chi connectivity index (χ0n) is 14.8. The standard InChI is InChI=1S/C20H25NO2.ClH/c1-13-14(2)20(23-4)18-11-16(10-17(18)19(13)22-3)21-12-15-8-6-5-7-9-15;/h5-9,16,21H,10-12H2,1-4H3;1H. The molecule has 0 bridgehead atoms. The minimum Gasteiger partial charge on any atom is -0.496 e. The lowest BCUT2D eigenvalue weighted by molar-refractivity contribution is 0.392. The molecule has 1 aliphatic carbocycles. The fourth-order valence-electron chi connectivity index (χ4n) is 3.62. The molecule has 0 radical (unpaired) electrons. The van der Waals surface area contributed by atoms with E-state index in [1.807, 2.05) is 0 Å². The Balaban J connectivity index is 0.00000208. The minimum atomic E-state index is 0. The van der Waals surface area contributed by atoms with Crippen LogP contribution in [0.1, 0.15) is 27.8 Å². The molecule has 1 aliphatic rings. The van der Waals surface area contributed by atoms with Gasteiger partial charge in [0.2, 0.25) is 0 Å². The zero-order valence-corrected chi connectivity index (χ0v) is 15.6. The molecule has 0 saturated carbocycles. The van der Waals surface area contributed by atoms with Gasteiger partial charge in [0.25, 0.3) is 0 Å². The summed E-state index contributed by atoms with van der Waals surface area (Å²) >= 11 is 0. The molecule has 3 rings (SSSR count). The SMILES string of the molecule is COc1c(C)c(C)c(OC)c2c1CC(NCc1ccccc1)C2.Cl. The number of hydrogen-bond donors (Lipinski definition) is 1. The maximum atomic E-state index is 5.70. The van der Waals surface area contributed by atoms with Crippen molar-refractivity contribution >= 4 is 12.4 Å². The highest BCUT2D eigenvalue weighted by Gasteiger charge is 2.30. The van der Waals surface area contributed by atoms with E-state index in [1.165, 1.54) is 27.8 Å². The molecule has 0 heterocycles. The summed E-state index contributed by atoms with van der Waals surface area (Å²) in [7, 11) is 3.53. The third-order valence-corrected chi connectivity index (χ3v) is 4.90. The maximum Gasteiger partial charge on any atom is 0.125 e. The van der Waals surface area contributed by atoms with Crippen molar-refractivity contribution in [2.24, 2.45) is 0 Å². The van der Waals surface area contributed by atoms with Crippen molar-refractivity contribution in [2.75, 3.05) is 14.2 Å². The lowest BCUT2D eigenvalue weighted by atomic mass is 9.98. The average Bonchev–Trinajstić information content (AvgIpc) is 2.99. The average molecular weight is 348 g/mol. The summed E-state index contributed by atoms with van der Waals surface area (Å²) in [5.41, 5.74) is 6.30. The quantitative estimate of drug-likeness (QED) is 0.886. The van der Waals surface area contributed by atoms with Gasteiger partial charge in [-0.2, -0.15) is 0 Å². The summed E-state index contributed by atoms with van der Waals surface area (Å²) in [4.78, 5) is 0. The van der Waals surface area contributed by atoms with Gasteiger partial charge in [-0.05, 0) is 43.4 Å². The number of benzene rings is 2. The van der Waals surface area contributed by atoms with Crippen LogP contribution in [-0.4, -0.2) is 20.3 Å². The fourth-order valence-corrected chi connectivity index (χ4v) is 3.62. The molecule has 2 aromatic carbocycles. The van der Waals surface area contributed by atoms with Crippen LogP contribution in [0.4, 0.5) is 0 Å². The Kier molecular flexibility index (Phi) is 6.14. The minimum absolute atomic E-state index is 0. The Bertz CT molecular complexity index is 662. The number of rotatable bonds is 5. The Morgan fingerprint density at radius 2 is 1.42 bits per heavy atom. The lowest BCUT2D eigenvalue weighted by Gasteiger charge is -2.17. The van der Waals surface area contributed by atoms with Crippen molar-refractivity contribution in [1.29, 1.82) is 0 Å². The fraction of sp³-hybridized carbons (Fsp3) is 0.400. The van der Waals surface area contributed by atoms with Crippen LogP contribution >= 0.6 is 12.4 Å². The van der Waals surface area contributed by atoms with Crippen molar-refractivity contribution in [3.05, 3.63) is 58.1 Å². The first-order valence-corrected chi connectivity index (χ1v) is 8.15. The molecular formula is C20H26ClNO2. The number of halogens is 1. The van der Waals surface area contributed by atoms with Crippen LogP contribution in [0.3, 0.4) is 0 Å². The van der Waals surface area contributed by atoms with Crippen molar-refractivity contribution < 1.29 is 9.47 Å². The molecule has 0 spiro atoms. The van der Waals surface area contributed by atoms with Crippen LogP contribution < -0.4 is 14.8 Å². The van der Waals surface area contributed by atoms with Gasteiger partial charge in [0.15, 0.2) is 0 Å². The van der Waals surface area contributed by atoms with E-state index >= 15 is 0 Å². The van der Waals surface area contributed by atoms with E-state index in [0.29, 0.717) is 6.04 Å². The largest absolute Gasteiger partial charge is 0.496 e. The molecule has 0 unspecified atom stereocenters. The first-order valence-electron chi connectivity index (χ1n) is 8.15. The van der Waals surface area contributed by atoms with Gasteiger partial charge >= 0.3 is 0 Å². The topological polar surface area (TPSA) is 30.5 Å². The predicted molar refractivity (Wildman–Crippen MR) is 101 cm³/mol. The maximum absolute atomic E-state index is 5.70. The second kappa shape index (κ2) is 7.91. The van der Waals surface area contributed by atoms with E-state index in [-0.39, 0.29) is 12.4 Å². The summed E-state index contributed by atoms with van der Waals surface area (Å²) < 4.78 is 11.4. The van der Waals surface area contributed by atoms with E-state index in [1.54, 1.807) is 14.2 Å². The van der Waals surface area contributed by atoms with Gasteiger partial charge in [-0.1, -0.05) is 30.3 Å². The van der Waals surface area contributed by atoms with E-state index in [4.69, 9.17) is 9.47 Å². The molecule has 0 saturated heterocycles. The van der Waals surface area contributed by atoms with Crippen LogP contribution in [0.15, 0.2) is 30.3 Å². The Morgan fingerprint density at radius 1 is 0.917 bits per heavy atom. The third kappa shape index (κ3) is 3.38. The van der Waals surface area contributed by atoms with Crippen LogP contribution in [0.5, 0.6) is 11.5 Å². The molecule has 0 fully saturated rings. The molecule has 0 aliphatic heterocycles. The smallest absolute Gasteiger partial charge is 0.125 e. The highest BCUT2D eigenvalue weighted by molar-refractivity contribution is 5.85. The summed E-state index contributed by atoms with van der Waals surface area (Å²) in [6.07, 6.45) is 1.98. The lowest BCUT2D eigenvalue weighted by Crippen LogP contribution is -2.28. The van der Waals surface area contributed by atoms with Crippen molar-refractivity contribution in [1.82, 2.24) is 5.32 Å². The van der Waals surface area contributed by atoms with Gasteiger partial charge in [-0.3, -0.25) is 0 Å². The van der Waals surface area contributed by atoms with Gasteiger partial charge in [0.1, 0.15) is 11.5 Å². The summed E-state index contributed by atoms with van der Waals surface area (Å²) in [5, 5.41) is 3.68. The molecule has 3 nitrogen and oxygen atoms in total. The molecule has 2 aromatic rings. The number of fused-ring (bicyclic) bond motifs is 1. The monoisotopic (exact) mass is 347 g/mol. The molecule has 4 heteroatoms. The number of methoxy groups -OCH3 is 2. The third-order valence-electron chi connectivity index (χ3n) is 4.90. The van der Waals surface area contributed by atoms with Gasteiger partial charge in [0.05, 0.1) is 14.2 Å². The number of nitrogens with one attached hydrogen (secondary N) is 1.